The molecule has 0 radical (unpaired) electrons. The number of rotatable bonds is 4. The molecule has 0 bridgehead atoms. The van der Waals surface area contributed by atoms with E-state index in [1.54, 1.807) is 0 Å². The first-order valence-electron chi connectivity index (χ1n) is 9.71. The smallest absolute Gasteiger partial charge is 0.407 e. The molecule has 0 saturated heterocycles. The second-order valence-electron chi connectivity index (χ2n) is 8.32. The van der Waals surface area contributed by atoms with Crippen LogP contribution in [0.1, 0.15) is 55.4 Å². The number of nitrogens with two attached hydrogens (primary N) is 1. The fraction of sp³-hybridized carbons (Fsp3) is 0.435. The molecule has 2 unspecified atom stereocenters. The largest absolute Gasteiger partial charge is 0.444 e. The predicted octanol–water partition coefficient (Wildman–Crippen LogP) is 4.31. The Morgan fingerprint density at radius 1 is 1.15 bits per heavy atom. The number of hydrogen-bond acceptors (Lipinski definition) is 3. The van der Waals surface area contributed by atoms with Crippen molar-refractivity contribution >= 4 is 6.09 Å². The minimum atomic E-state index is -0.502. The van der Waals surface area contributed by atoms with E-state index in [0.717, 1.165) is 24.8 Å². The summed E-state index contributed by atoms with van der Waals surface area (Å²) in [6.45, 7) is 6.18. The van der Waals surface area contributed by atoms with E-state index >= 15 is 0 Å². The molecule has 144 valence electrons. The SMILES string of the molecule is CC(C)(C)OC(=O)NC1CCc2ccc(CN)cc2C1Cc1ccccc1. The van der Waals surface area contributed by atoms with Gasteiger partial charge in [-0.05, 0) is 62.3 Å². The molecular weight excluding hydrogens is 336 g/mol. The molecule has 1 amide bonds. The van der Waals surface area contributed by atoms with Gasteiger partial charge in [0.2, 0.25) is 0 Å². The highest BCUT2D eigenvalue weighted by Gasteiger charge is 2.32. The Balaban J connectivity index is 1.88. The lowest BCUT2D eigenvalue weighted by atomic mass is 9.75. The monoisotopic (exact) mass is 366 g/mol. The van der Waals surface area contributed by atoms with Gasteiger partial charge in [-0.3, -0.25) is 0 Å². The van der Waals surface area contributed by atoms with E-state index in [1.807, 2.05) is 26.8 Å². The molecule has 1 aliphatic rings. The van der Waals surface area contributed by atoms with Gasteiger partial charge >= 0.3 is 6.09 Å². The fourth-order valence-electron chi connectivity index (χ4n) is 3.83. The molecule has 4 heteroatoms. The zero-order chi connectivity index (χ0) is 19.4. The summed E-state index contributed by atoms with van der Waals surface area (Å²) in [4.78, 5) is 12.4. The van der Waals surface area contributed by atoms with Crippen molar-refractivity contribution < 1.29 is 9.53 Å². The third-order valence-electron chi connectivity index (χ3n) is 5.06. The number of alkyl carbamates (subject to hydrolysis) is 1. The summed E-state index contributed by atoms with van der Waals surface area (Å²) in [5.74, 6) is 0.204. The van der Waals surface area contributed by atoms with Gasteiger partial charge in [-0.1, -0.05) is 48.5 Å². The number of fused-ring (bicyclic) bond motifs is 1. The van der Waals surface area contributed by atoms with Crippen molar-refractivity contribution in [3.63, 3.8) is 0 Å². The summed E-state index contributed by atoms with van der Waals surface area (Å²) in [6, 6.07) is 17.0. The number of ether oxygens (including phenoxy) is 1. The lowest BCUT2D eigenvalue weighted by molar-refractivity contribution is 0.0491. The topological polar surface area (TPSA) is 64.3 Å². The van der Waals surface area contributed by atoms with Gasteiger partial charge in [-0.15, -0.1) is 0 Å². The number of nitrogens with one attached hydrogen (secondary N) is 1. The van der Waals surface area contributed by atoms with E-state index < -0.39 is 5.60 Å². The Hall–Kier alpha value is -2.33. The quantitative estimate of drug-likeness (QED) is 0.847. The molecule has 0 aromatic heterocycles. The minimum absolute atomic E-state index is 0.0422. The standard InChI is InChI=1S/C23H30N2O2/c1-23(2,3)27-22(26)25-21-12-11-18-10-9-17(15-24)14-19(18)20(21)13-16-7-5-4-6-8-16/h4-10,14,20-21H,11-13,15,24H2,1-3H3,(H,25,26). The molecule has 0 spiro atoms. The third kappa shape index (κ3) is 5.10. The van der Waals surface area contributed by atoms with E-state index in [9.17, 15) is 4.79 Å². The van der Waals surface area contributed by atoms with Gasteiger partial charge in [-0.2, -0.15) is 0 Å². The predicted molar refractivity (Wildman–Crippen MR) is 109 cm³/mol. The van der Waals surface area contributed by atoms with Crippen molar-refractivity contribution in [2.75, 3.05) is 0 Å². The second kappa shape index (κ2) is 8.13. The Labute approximate surface area is 162 Å². The van der Waals surface area contributed by atoms with Crippen molar-refractivity contribution in [2.24, 2.45) is 5.73 Å². The highest BCUT2D eigenvalue weighted by molar-refractivity contribution is 5.68. The van der Waals surface area contributed by atoms with Gasteiger partial charge in [0.1, 0.15) is 5.60 Å². The number of carbonyl (C=O) groups excluding carboxylic acids is 1. The summed E-state index contributed by atoms with van der Waals surface area (Å²) in [5.41, 5.74) is 10.4. The molecule has 0 saturated carbocycles. The van der Waals surface area contributed by atoms with E-state index in [2.05, 4.69) is 47.8 Å². The van der Waals surface area contributed by atoms with Crippen LogP contribution < -0.4 is 11.1 Å². The van der Waals surface area contributed by atoms with Gasteiger partial charge in [0.25, 0.3) is 0 Å². The maximum absolute atomic E-state index is 12.4. The molecule has 3 N–H and O–H groups in total. The number of benzene rings is 2. The van der Waals surface area contributed by atoms with E-state index in [-0.39, 0.29) is 18.1 Å². The van der Waals surface area contributed by atoms with Gasteiger partial charge < -0.3 is 15.8 Å². The summed E-state index contributed by atoms with van der Waals surface area (Å²) in [5, 5.41) is 3.13. The van der Waals surface area contributed by atoms with Gasteiger partial charge in [0, 0.05) is 18.5 Å². The normalized spacial score (nSPS) is 19.3. The highest BCUT2D eigenvalue weighted by atomic mass is 16.6. The first-order chi connectivity index (χ1) is 12.9. The fourth-order valence-corrected chi connectivity index (χ4v) is 3.83. The Morgan fingerprint density at radius 2 is 1.89 bits per heavy atom. The molecule has 0 aliphatic heterocycles. The molecule has 2 atom stereocenters. The maximum Gasteiger partial charge on any atom is 0.407 e. The summed E-state index contributed by atoms with van der Waals surface area (Å²) in [6.07, 6.45) is 2.39. The Kier molecular flexibility index (Phi) is 5.85. The minimum Gasteiger partial charge on any atom is -0.444 e. The first kappa shape index (κ1) is 19.4. The van der Waals surface area contributed by atoms with Crippen LogP contribution >= 0.6 is 0 Å². The van der Waals surface area contributed by atoms with Crippen LogP contribution in [0, 0.1) is 0 Å². The lowest BCUT2D eigenvalue weighted by Gasteiger charge is -2.35. The van der Waals surface area contributed by atoms with Crippen molar-refractivity contribution in [1.82, 2.24) is 5.32 Å². The Bertz CT molecular complexity index is 781. The van der Waals surface area contributed by atoms with Gasteiger partial charge in [0.15, 0.2) is 0 Å². The van der Waals surface area contributed by atoms with Crippen LogP contribution in [0.2, 0.25) is 0 Å². The molecule has 3 rings (SSSR count). The second-order valence-corrected chi connectivity index (χ2v) is 8.32. The molecule has 0 heterocycles. The molecule has 2 aromatic rings. The van der Waals surface area contributed by atoms with E-state index in [1.165, 1.54) is 16.7 Å². The summed E-state index contributed by atoms with van der Waals surface area (Å²) in [7, 11) is 0. The number of amides is 1. The molecule has 0 fully saturated rings. The van der Waals surface area contributed by atoms with Crippen molar-refractivity contribution in [3.8, 4) is 0 Å². The van der Waals surface area contributed by atoms with Crippen molar-refractivity contribution in [2.45, 2.75) is 64.1 Å². The number of aryl methyl sites for hydroxylation is 1. The molecule has 27 heavy (non-hydrogen) atoms. The zero-order valence-corrected chi connectivity index (χ0v) is 16.5. The van der Waals surface area contributed by atoms with Crippen LogP contribution in [0.15, 0.2) is 48.5 Å². The Morgan fingerprint density at radius 3 is 2.56 bits per heavy atom. The van der Waals surface area contributed by atoms with Crippen molar-refractivity contribution in [3.05, 3.63) is 70.8 Å². The number of carbonyl (C=O) groups is 1. The van der Waals surface area contributed by atoms with Crippen LogP contribution in [0.4, 0.5) is 4.79 Å². The van der Waals surface area contributed by atoms with Crippen LogP contribution in [0.25, 0.3) is 0 Å². The maximum atomic E-state index is 12.4. The lowest BCUT2D eigenvalue weighted by Crippen LogP contribution is -2.44. The zero-order valence-electron chi connectivity index (χ0n) is 16.5. The van der Waals surface area contributed by atoms with Crippen molar-refractivity contribution in [1.29, 1.82) is 0 Å². The van der Waals surface area contributed by atoms with Crippen LogP contribution in [-0.2, 0) is 24.1 Å². The van der Waals surface area contributed by atoms with Crippen LogP contribution in [0.5, 0.6) is 0 Å². The van der Waals surface area contributed by atoms with Crippen LogP contribution in [0.3, 0.4) is 0 Å². The van der Waals surface area contributed by atoms with E-state index in [0.29, 0.717) is 6.54 Å². The summed E-state index contributed by atoms with van der Waals surface area (Å²) >= 11 is 0. The molecule has 4 nitrogen and oxygen atoms in total. The van der Waals surface area contributed by atoms with Gasteiger partial charge in [0.05, 0.1) is 0 Å². The molecular formula is C23H30N2O2. The van der Waals surface area contributed by atoms with Crippen LogP contribution in [-0.4, -0.2) is 17.7 Å². The number of hydrogen-bond donors (Lipinski definition) is 2. The average Bonchev–Trinajstić information content (AvgIpc) is 2.62. The molecule has 1 aliphatic carbocycles. The average molecular weight is 367 g/mol. The van der Waals surface area contributed by atoms with Gasteiger partial charge in [-0.25, -0.2) is 4.79 Å². The first-order valence-corrected chi connectivity index (χ1v) is 9.71. The molecule has 2 aromatic carbocycles. The highest BCUT2D eigenvalue weighted by Crippen LogP contribution is 2.35. The van der Waals surface area contributed by atoms with E-state index in [4.69, 9.17) is 10.5 Å². The summed E-state index contributed by atoms with van der Waals surface area (Å²) < 4.78 is 5.50. The third-order valence-corrected chi connectivity index (χ3v) is 5.06.